The SMILES string of the molecule is COc1ccc(C(=O)Nc2ccccc2C(=O)N[C@H]2CCCNC2)cc1.Cl. The van der Waals surface area contributed by atoms with Crippen LogP contribution in [0, 0.1) is 0 Å². The lowest BCUT2D eigenvalue weighted by molar-refractivity contribution is 0.0931. The second kappa shape index (κ2) is 9.94. The summed E-state index contributed by atoms with van der Waals surface area (Å²) in [6, 6.07) is 14.0. The van der Waals surface area contributed by atoms with Gasteiger partial charge in [0.05, 0.1) is 18.4 Å². The molecule has 0 unspecified atom stereocenters. The average Bonchev–Trinajstić information content (AvgIpc) is 2.69. The number of carbonyl (C=O) groups is 2. The van der Waals surface area contributed by atoms with Gasteiger partial charge in [0.15, 0.2) is 0 Å². The fraction of sp³-hybridized carbons (Fsp3) is 0.300. The van der Waals surface area contributed by atoms with Crippen LogP contribution >= 0.6 is 12.4 Å². The molecular weight excluding hydrogens is 366 g/mol. The zero-order chi connectivity index (χ0) is 18.4. The molecule has 0 radical (unpaired) electrons. The highest BCUT2D eigenvalue weighted by Crippen LogP contribution is 2.18. The van der Waals surface area contributed by atoms with E-state index < -0.39 is 0 Å². The second-order valence-corrected chi connectivity index (χ2v) is 6.24. The van der Waals surface area contributed by atoms with E-state index in [2.05, 4.69) is 16.0 Å². The minimum atomic E-state index is -0.271. The van der Waals surface area contributed by atoms with E-state index in [1.807, 2.05) is 0 Å². The Morgan fingerprint density at radius 2 is 1.81 bits per heavy atom. The van der Waals surface area contributed by atoms with E-state index in [1.54, 1.807) is 55.6 Å². The third kappa shape index (κ3) is 5.45. The van der Waals surface area contributed by atoms with E-state index in [0.717, 1.165) is 25.9 Å². The van der Waals surface area contributed by atoms with Gasteiger partial charge in [-0.3, -0.25) is 9.59 Å². The highest BCUT2D eigenvalue weighted by molar-refractivity contribution is 6.09. The van der Waals surface area contributed by atoms with E-state index in [0.29, 0.717) is 22.6 Å². The molecule has 1 atom stereocenters. The zero-order valence-corrected chi connectivity index (χ0v) is 16.0. The van der Waals surface area contributed by atoms with Gasteiger partial charge in [0, 0.05) is 18.2 Å². The molecule has 7 heteroatoms. The van der Waals surface area contributed by atoms with Gasteiger partial charge in [-0.05, 0) is 55.8 Å². The Labute approximate surface area is 165 Å². The van der Waals surface area contributed by atoms with E-state index in [-0.39, 0.29) is 30.3 Å². The van der Waals surface area contributed by atoms with Crippen molar-refractivity contribution in [1.82, 2.24) is 10.6 Å². The highest BCUT2D eigenvalue weighted by Gasteiger charge is 2.19. The first-order chi connectivity index (χ1) is 12.7. The zero-order valence-electron chi connectivity index (χ0n) is 15.2. The van der Waals surface area contributed by atoms with Crippen LogP contribution in [0.3, 0.4) is 0 Å². The molecule has 1 fully saturated rings. The predicted octanol–water partition coefficient (Wildman–Crippen LogP) is 2.85. The molecule has 1 aliphatic rings. The number of anilines is 1. The molecule has 0 spiro atoms. The minimum absolute atomic E-state index is 0. The van der Waals surface area contributed by atoms with Gasteiger partial charge in [-0.1, -0.05) is 12.1 Å². The van der Waals surface area contributed by atoms with Crippen LogP contribution in [0.4, 0.5) is 5.69 Å². The molecule has 144 valence electrons. The molecule has 3 rings (SSSR count). The lowest BCUT2D eigenvalue weighted by Gasteiger charge is -2.24. The summed E-state index contributed by atoms with van der Waals surface area (Å²) in [6.45, 7) is 1.76. The maximum Gasteiger partial charge on any atom is 0.255 e. The van der Waals surface area contributed by atoms with Gasteiger partial charge < -0.3 is 20.7 Å². The Morgan fingerprint density at radius 3 is 2.48 bits per heavy atom. The first-order valence-corrected chi connectivity index (χ1v) is 8.73. The number of benzene rings is 2. The fourth-order valence-electron chi connectivity index (χ4n) is 2.97. The van der Waals surface area contributed by atoms with Crippen LogP contribution in [0.25, 0.3) is 0 Å². The molecule has 1 aliphatic heterocycles. The van der Waals surface area contributed by atoms with Gasteiger partial charge in [-0.15, -0.1) is 12.4 Å². The van der Waals surface area contributed by atoms with Crippen LogP contribution in [0.5, 0.6) is 5.75 Å². The van der Waals surface area contributed by atoms with Crippen LogP contribution in [0.2, 0.25) is 0 Å². The highest BCUT2D eigenvalue weighted by atomic mass is 35.5. The van der Waals surface area contributed by atoms with Crippen molar-refractivity contribution >= 4 is 29.9 Å². The van der Waals surface area contributed by atoms with Crippen LogP contribution in [0.15, 0.2) is 48.5 Å². The summed E-state index contributed by atoms with van der Waals surface area (Å²) in [5.41, 5.74) is 1.45. The van der Waals surface area contributed by atoms with Crippen molar-refractivity contribution in [2.24, 2.45) is 0 Å². The minimum Gasteiger partial charge on any atom is -0.497 e. The number of ether oxygens (including phenoxy) is 1. The smallest absolute Gasteiger partial charge is 0.255 e. The summed E-state index contributed by atoms with van der Waals surface area (Å²) in [6.07, 6.45) is 2.00. The van der Waals surface area contributed by atoms with Crippen molar-refractivity contribution in [3.63, 3.8) is 0 Å². The molecule has 2 aromatic carbocycles. The summed E-state index contributed by atoms with van der Waals surface area (Å²) >= 11 is 0. The molecule has 27 heavy (non-hydrogen) atoms. The lowest BCUT2D eigenvalue weighted by Crippen LogP contribution is -2.45. The number of piperidine rings is 1. The molecular formula is C20H24ClN3O3. The maximum atomic E-state index is 12.6. The standard InChI is InChI=1S/C20H23N3O3.ClH/c1-26-16-10-8-14(9-11-16)19(24)23-18-7-3-2-6-17(18)20(25)22-15-5-4-12-21-13-15;/h2-3,6-11,15,21H,4-5,12-13H2,1H3,(H,22,25)(H,23,24);1H/t15-;/m0./s1. The molecule has 1 heterocycles. The van der Waals surface area contributed by atoms with Gasteiger partial charge >= 0.3 is 0 Å². The number of halogens is 1. The Balaban J connectivity index is 0.00000261. The Bertz CT molecular complexity index is 774. The van der Waals surface area contributed by atoms with Crippen molar-refractivity contribution in [3.8, 4) is 5.75 Å². The third-order valence-electron chi connectivity index (χ3n) is 4.40. The monoisotopic (exact) mass is 389 g/mol. The molecule has 6 nitrogen and oxygen atoms in total. The van der Waals surface area contributed by atoms with Crippen molar-refractivity contribution < 1.29 is 14.3 Å². The summed E-state index contributed by atoms with van der Waals surface area (Å²) in [5.74, 6) is 0.235. The molecule has 0 bridgehead atoms. The molecule has 2 amide bonds. The van der Waals surface area contributed by atoms with Gasteiger partial charge in [0.25, 0.3) is 11.8 Å². The summed E-state index contributed by atoms with van der Waals surface area (Å²) in [4.78, 5) is 25.1. The van der Waals surface area contributed by atoms with Crippen molar-refractivity contribution in [3.05, 3.63) is 59.7 Å². The number of carbonyl (C=O) groups excluding carboxylic acids is 2. The predicted molar refractivity (Wildman–Crippen MR) is 108 cm³/mol. The van der Waals surface area contributed by atoms with Crippen molar-refractivity contribution in [1.29, 1.82) is 0 Å². The second-order valence-electron chi connectivity index (χ2n) is 6.24. The molecule has 0 saturated carbocycles. The topological polar surface area (TPSA) is 79.5 Å². The normalized spacial score (nSPS) is 16.0. The average molecular weight is 390 g/mol. The Hall–Kier alpha value is -2.57. The van der Waals surface area contributed by atoms with Gasteiger partial charge in [-0.2, -0.15) is 0 Å². The number of methoxy groups -OCH3 is 1. The van der Waals surface area contributed by atoms with Crippen molar-refractivity contribution in [2.45, 2.75) is 18.9 Å². The van der Waals surface area contributed by atoms with Crippen molar-refractivity contribution in [2.75, 3.05) is 25.5 Å². The van der Waals surface area contributed by atoms with Gasteiger partial charge in [-0.25, -0.2) is 0 Å². The number of hydrogen-bond donors (Lipinski definition) is 3. The quantitative estimate of drug-likeness (QED) is 0.734. The summed E-state index contributed by atoms with van der Waals surface area (Å²) < 4.78 is 5.10. The first kappa shape index (κ1) is 20.7. The third-order valence-corrected chi connectivity index (χ3v) is 4.40. The van der Waals surface area contributed by atoms with Crippen LogP contribution in [0.1, 0.15) is 33.6 Å². The van der Waals surface area contributed by atoms with Crippen LogP contribution in [-0.4, -0.2) is 38.1 Å². The number of hydrogen-bond acceptors (Lipinski definition) is 4. The van der Waals surface area contributed by atoms with Gasteiger partial charge in [0.1, 0.15) is 5.75 Å². The maximum absolute atomic E-state index is 12.6. The number of rotatable bonds is 5. The summed E-state index contributed by atoms with van der Waals surface area (Å²) in [7, 11) is 1.58. The van der Waals surface area contributed by atoms with E-state index in [9.17, 15) is 9.59 Å². The fourth-order valence-corrected chi connectivity index (χ4v) is 2.97. The van der Waals surface area contributed by atoms with Crippen LogP contribution < -0.4 is 20.7 Å². The Morgan fingerprint density at radius 1 is 1.07 bits per heavy atom. The van der Waals surface area contributed by atoms with Crippen LogP contribution in [-0.2, 0) is 0 Å². The first-order valence-electron chi connectivity index (χ1n) is 8.73. The van der Waals surface area contributed by atoms with Gasteiger partial charge in [0.2, 0.25) is 0 Å². The van der Waals surface area contributed by atoms with E-state index in [1.165, 1.54) is 0 Å². The van der Waals surface area contributed by atoms with E-state index >= 15 is 0 Å². The molecule has 2 aromatic rings. The summed E-state index contributed by atoms with van der Waals surface area (Å²) in [5, 5.41) is 9.14. The number of nitrogens with one attached hydrogen (secondary N) is 3. The largest absolute Gasteiger partial charge is 0.497 e. The molecule has 0 aliphatic carbocycles. The molecule has 3 N–H and O–H groups in total. The number of amides is 2. The molecule has 1 saturated heterocycles. The lowest BCUT2D eigenvalue weighted by atomic mass is 10.1. The number of para-hydroxylation sites is 1. The van der Waals surface area contributed by atoms with E-state index in [4.69, 9.17) is 4.74 Å². The Kier molecular flexibility index (Phi) is 7.64. The molecule has 0 aromatic heterocycles.